The van der Waals surface area contributed by atoms with Crippen LogP contribution in [0.4, 0.5) is 10.5 Å². The average molecular weight is 430 g/mol. The van der Waals surface area contributed by atoms with Crippen LogP contribution in [-0.2, 0) is 17.8 Å². The fourth-order valence-corrected chi connectivity index (χ4v) is 4.24. The number of imide groups is 1. The Balaban J connectivity index is 1.29. The predicted octanol–water partition coefficient (Wildman–Crippen LogP) is 3.12. The van der Waals surface area contributed by atoms with Gasteiger partial charge in [0.15, 0.2) is 0 Å². The number of carbonyl (C=O) groups is 2. The maximum Gasteiger partial charge on any atom is 0.332 e. The molecule has 1 aliphatic heterocycles. The normalized spacial score (nSPS) is 14.2. The molecule has 0 spiro atoms. The zero-order chi connectivity index (χ0) is 22.2. The lowest BCUT2D eigenvalue weighted by Gasteiger charge is -2.16. The largest absolute Gasteiger partial charge is 0.361 e. The summed E-state index contributed by atoms with van der Waals surface area (Å²) < 4.78 is 7.02. The SMILES string of the molecule is Cc1noc(C)c1C[n+]1cc(N2C(=O)CN(CCc3cccc4ccccc34)C2=O)c[nH]1. The summed E-state index contributed by atoms with van der Waals surface area (Å²) in [6, 6.07) is 14.1. The smallest absolute Gasteiger partial charge is 0.332 e. The number of aromatic amines is 1. The first-order valence-electron chi connectivity index (χ1n) is 10.6. The van der Waals surface area contributed by atoms with Crippen LogP contribution in [0.2, 0.25) is 0 Å². The molecule has 4 aromatic rings. The fraction of sp³-hybridized carbons (Fsp3) is 0.250. The number of aromatic nitrogens is 3. The number of urea groups is 1. The lowest BCUT2D eigenvalue weighted by molar-refractivity contribution is -0.742. The number of hydrogen-bond acceptors (Lipinski definition) is 4. The van der Waals surface area contributed by atoms with Gasteiger partial charge in [0.1, 0.15) is 18.0 Å². The van der Waals surface area contributed by atoms with Crippen molar-refractivity contribution in [2.45, 2.75) is 26.8 Å². The third-order valence-corrected chi connectivity index (χ3v) is 6.00. The van der Waals surface area contributed by atoms with Crippen molar-refractivity contribution in [3.63, 3.8) is 0 Å². The number of anilines is 1. The van der Waals surface area contributed by atoms with E-state index in [2.05, 4.69) is 34.5 Å². The van der Waals surface area contributed by atoms with Crippen molar-refractivity contribution >= 4 is 28.4 Å². The van der Waals surface area contributed by atoms with Crippen molar-refractivity contribution in [3.8, 4) is 0 Å². The van der Waals surface area contributed by atoms with Crippen LogP contribution in [0.3, 0.4) is 0 Å². The summed E-state index contributed by atoms with van der Waals surface area (Å²) in [4.78, 5) is 28.5. The van der Waals surface area contributed by atoms with E-state index in [9.17, 15) is 9.59 Å². The number of H-pyrrole nitrogens is 1. The molecule has 1 N–H and O–H groups in total. The van der Waals surface area contributed by atoms with Crippen molar-refractivity contribution in [3.05, 3.63) is 77.4 Å². The van der Waals surface area contributed by atoms with Gasteiger partial charge in [0.05, 0.1) is 17.5 Å². The van der Waals surface area contributed by atoms with Crippen LogP contribution in [-0.4, -0.2) is 40.2 Å². The first kappa shape index (κ1) is 20.0. The minimum absolute atomic E-state index is 0.0820. The van der Waals surface area contributed by atoms with Crippen molar-refractivity contribution in [2.75, 3.05) is 18.0 Å². The highest BCUT2D eigenvalue weighted by molar-refractivity contribution is 6.19. The highest BCUT2D eigenvalue weighted by Crippen LogP contribution is 2.22. The summed E-state index contributed by atoms with van der Waals surface area (Å²) in [5.74, 6) is 0.524. The van der Waals surface area contributed by atoms with E-state index < -0.39 is 0 Å². The highest BCUT2D eigenvalue weighted by atomic mass is 16.5. The van der Waals surface area contributed by atoms with Crippen LogP contribution in [0.25, 0.3) is 10.8 Å². The Morgan fingerprint density at radius 3 is 2.75 bits per heavy atom. The van der Waals surface area contributed by atoms with Crippen LogP contribution < -0.4 is 9.58 Å². The van der Waals surface area contributed by atoms with Gasteiger partial charge in [-0.2, -0.15) is 5.10 Å². The zero-order valence-electron chi connectivity index (χ0n) is 18.0. The topological polar surface area (TPSA) is 86.3 Å². The molecule has 32 heavy (non-hydrogen) atoms. The standard InChI is InChI=1S/C24H23N5O3/c1-16-22(17(2)32-26-16)14-28-13-20(12-25-28)29-23(30)15-27(24(29)31)11-10-19-8-5-7-18-6-3-4-9-21(18)19/h3-9,12-13H,10-11,14-15H2,1-2H3/p+1. The van der Waals surface area contributed by atoms with Gasteiger partial charge >= 0.3 is 6.03 Å². The molecule has 0 radical (unpaired) electrons. The van der Waals surface area contributed by atoms with Gasteiger partial charge in [0.25, 0.3) is 5.91 Å². The van der Waals surface area contributed by atoms with Crippen molar-refractivity contribution < 1.29 is 18.8 Å². The fourth-order valence-electron chi connectivity index (χ4n) is 4.24. The van der Waals surface area contributed by atoms with Gasteiger partial charge in [-0.1, -0.05) is 47.6 Å². The minimum Gasteiger partial charge on any atom is -0.361 e. The van der Waals surface area contributed by atoms with Crippen LogP contribution in [0.1, 0.15) is 22.6 Å². The van der Waals surface area contributed by atoms with E-state index in [0.717, 1.165) is 17.0 Å². The number of hydrogen-bond donors (Lipinski definition) is 1. The summed E-state index contributed by atoms with van der Waals surface area (Å²) >= 11 is 0. The molecule has 1 fully saturated rings. The van der Waals surface area contributed by atoms with E-state index in [1.54, 1.807) is 22.0 Å². The zero-order valence-corrected chi connectivity index (χ0v) is 18.0. The molecule has 1 saturated heterocycles. The Labute approximate surface area is 185 Å². The van der Waals surface area contributed by atoms with Gasteiger partial charge < -0.3 is 9.42 Å². The molecular formula is C24H24N5O3+. The Morgan fingerprint density at radius 1 is 1.12 bits per heavy atom. The van der Waals surface area contributed by atoms with E-state index in [-0.39, 0.29) is 18.5 Å². The molecule has 2 aromatic heterocycles. The van der Waals surface area contributed by atoms with Gasteiger partial charge in [0.2, 0.25) is 12.7 Å². The Kier molecular flexibility index (Phi) is 4.97. The first-order valence-corrected chi connectivity index (χ1v) is 10.6. The average Bonchev–Trinajstić information content (AvgIpc) is 3.46. The monoisotopic (exact) mass is 430 g/mol. The molecule has 3 heterocycles. The lowest BCUT2D eigenvalue weighted by Crippen LogP contribution is -2.37. The van der Waals surface area contributed by atoms with E-state index >= 15 is 0 Å². The first-order chi connectivity index (χ1) is 15.5. The van der Waals surface area contributed by atoms with E-state index in [0.29, 0.717) is 25.2 Å². The number of fused-ring (bicyclic) bond motifs is 1. The maximum absolute atomic E-state index is 13.0. The third kappa shape index (κ3) is 3.53. The molecule has 0 aliphatic carbocycles. The molecule has 8 nitrogen and oxygen atoms in total. The molecule has 0 saturated carbocycles. The minimum atomic E-state index is -0.293. The molecule has 3 amide bonds. The van der Waals surface area contributed by atoms with Gasteiger partial charge in [-0.25, -0.2) is 9.69 Å². The highest BCUT2D eigenvalue weighted by Gasteiger charge is 2.38. The van der Waals surface area contributed by atoms with Gasteiger partial charge in [-0.3, -0.25) is 4.79 Å². The number of nitrogens with one attached hydrogen (secondary N) is 1. The van der Waals surface area contributed by atoms with Gasteiger partial charge in [-0.15, -0.1) is 4.68 Å². The van der Waals surface area contributed by atoms with Gasteiger partial charge in [-0.05, 0) is 36.6 Å². The number of amides is 3. The third-order valence-electron chi connectivity index (χ3n) is 6.00. The predicted molar refractivity (Wildman–Crippen MR) is 118 cm³/mol. The number of nitrogens with zero attached hydrogens (tertiary/aromatic N) is 4. The Bertz CT molecular complexity index is 1300. The quantitative estimate of drug-likeness (QED) is 0.376. The van der Waals surface area contributed by atoms with Crippen molar-refractivity contribution in [2.24, 2.45) is 0 Å². The summed E-state index contributed by atoms with van der Waals surface area (Å²) in [5.41, 5.74) is 3.48. The summed E-state index contributed by atoms with van der Waals surface area (Å²) in [7, 11) is 0. The number of aryl methyl sites for hydroxylation is 2. The second kappa shape index (κ2) is 7.96. The lowest BCUT2D eigenvalue weighted by atomic mass is 10.0. The number of rotatable bonds is 6. The molecular weight excluding hydrogens is 406 g/mol. The van der Waals surface area contributed by atoms with E-state index in [4.69, 9.17) is 4.52 Å². The van der Waals surface area contributed by atoms with Crippen LogP contribution >= 0.6 is 0 Å². The van der Waals surface area contributed by atoms with Crippen LogP contribution in [0.5, 0.6) is 0 Å². The molecule has 0 bridgehead atoms. The van der Waals surface area contributed by atoms with Gasteiger partial charge in [0, 0.05) is 6.54 Å². The van der Waals surface area contributed by atoms with E-state index in [1.165, 1.54) is 21.2 Å². The molecule has 1 aliphatic rings. The second-order valence-electron chi connectivity index (χ2n) is 8.08. The Hall–Kier alpha value is -3.94. The number of benzene rings is 2. The Morgan fingerprint density at radius 2 is 1.94 bits per heavy atom. The van der Waals surface area contributed by atoms with Crippen molar-refractivity contribution in [1.82, 2.24) is 15.2 Å². The van der Waals surface area contributed by atoms with Crippen LogP contribution in [0, 0.1) is 13.8 Å². The summed E-state index contributed by atoms with van der Waals surface area (Å²) in [6.45, 7) is 4.83. The molecule has 8 heteroatoms. The molecule has 5 rings (SSSR count). The summed E-state index contributed by atoms with van der Waals surface area (Å²) in [5, 5.41) is 9.41. The second-order valence-corrected chi connectivity index (χ2v) is 8.08. The van der Waals surface area contributed by atoms with Crippen LogP contribution in [0.15, 0.2) is 59.4 Å². The molecule has 0 atom stereocenters. The summed E-state index contributed by atoms with van der Waals surface area (Å²) in [6.07, 6.45) is 4.12. The maximum atomic E-state index is 13.0. The van der Waals surface area contributed by atoms with E-state index in [1.807, 2.05) is 32.0 Å². The molecule has 2 aromatic carbocycles. The van der Waals surface area contributed by atoms with Crippen molar-refractivity contribution in [1.29, 1.82) is 0 Å². The molecule has 162 valence electrons. The molecule has 0 unspecified atom stereocenters. The number of carbonyl (C=O) groups excluding carboxylic acids is 2.